The minimum absolute atomic E-state index is 0.132. The number of carbonyl (C=O) groups excluding carboxylic acids is 2. The standard InChI is InChI=1S/C25H23BrClN3O3/c26-20-8-12-22(13-9-20)29-24(31)2-1-3-25(32)30-28-16-18-6-14-23(15-7-18)33-17-19-4-10-21(27)11-5-19/h4-16H,1-3,17H2,(H,29,31)(H,30,32)/b28-16-. The van der Waals surface area contributed by atoms with Crippen molar-refractivity contribution in [2.75, 3.05) is 5.32 Å². The molecule has 0 aromatic heterocycles. The second-order valence-electron chi connectivity index (χ2n) is 7.19. The summed E-state index contributed by atoms with van der Waals surface area (Å²) in [5, 5.41) is 7.45. The Balaban J connectivity index is 1.33. The number of halogens is 2. The lowest BCUT2D eigenvalue weighted by molar-refractivity contribution is -0.121. The highest BCUT2D eigenvalue weighted by molar-refractivity contribution is 9.10. The van der Waals surface area contributed by atoms with Crippen LogP contribution in [-0.2, 0) is 16.2 Å². The van der Waals surface area contributed by atoms with Gasteiger partial charge in [-0.15, -0.1) is 0 Å². The maximum atomic E-state index is 11.9. The molecule has 0 radical (unpaired) electrons. The third kappa shape index (κ3) is 9.08. The van der Waals surface area contributed by atoms with Crippen LogP contribution in [0.3, 0.4) is 0 Å². The zero-order chi connectivity index (χ0) is 23.5. The zero-order valence-electron chi connectivity index (χ0n) is 17.8. The molecule has 0 aliphatic rings. The van der Waals surface area contributed by atoms with Gasteiger partial charge in [-0.1, -0.05) is 39.7 Å². The maximum Gasteiger partial charge on any atom is 0.240 e. The SMILES string of the molecule is O=C(CCCC(=O)Nc1ccc(Br)cc1)N/N=C\c1ccc(OCc2ccc(Cl)cc2)cc1. The van der Waals surface area contributed by atoms with Crippen molar-refractivity contribution < 1.29 is 14.3 Å². The minimum Gasteiger partial charge on any atom is -0.489 e. The van der Waals surface area contributed by atoms with E-state index < -0.39 is 0 Å². The van der Waals surface area contributed by atoms with Gasteiger partial charge in [0.2, 0.25) is 11.8 Å². The Hall–Kier alpha value is -3.16. The number of ether oxygens (including phenoxy) is 1. The Bertz CT molecular complexity index is 1090. The number of hydrazone groups is 1. The van der Waals surface area contributed by atoms with Crippen LogP contribution in [0, 0.1) is 0 Å². The Labute approximate surface area is 206 Å². The Morgan fingerprint density at radius 3 is 2.27 bits per heavy atom. The zero-order valence-corrected chi connectivity index (χ0v) is 20.1. The molecule has 0 saturated heterocycles. The molecule has 6 nitrogen and oxygen atoms in total. The summed E-state index contributed by atoms with van der Waals surface area (Å²) >= 11 is 9.23. The largest absolute Gasteiger partial charge is 0.489 e. The van der Waals surface area contributed by atoms with Crippen LogP contribution in [-0.4, -0.2) is 18.0 Å². The third-order valence-corrected chi connectivity index (χ3v) is 5.32. The Morgan fingerprint density at radius 2 is 1.58 bits per heavy atom. The normalized spacial score (nSPS) is 10.7. The summed E-state index contributed by atoms with van der Waals surface area (Å²) in [5.74, 6) is 0.352. The summed E-state index contributed by atoms with van der Waals surface area (Å²) in [7, 11) is 0. The van der Waals surface area contributed by atoms with E-state index in [1.165, 1.54) is 0 Å². The van der Waals surface area contributed by atoms with Gasteiger partial charge in [-0.2, -0.15) is 5.10 Å². The second-order valence-corrected chi connectivity index (χ2v) is 8.54. The van der Waals surface area contributed by atoms with E-state index >= 15 is 0 Å². The minimum atomic E-state index is -0.245. The van der Waals surface area contributed by atoms with Crippen molar-refractivity contribution in [2.45, 2.75) is 25.9 Å². The predicted molar refractivity (Wildman–Crippen MR) is 135 cm³/mol. The number of nitrogens with zero attached hydrogens (tertiary/aromatic N) is 1. The fourth-order valence-corrected chi connectivity index (χ4v) is 3.19. The van der Waals surface area contributed by atoms with Gasteiger partial charge in [-0.05, 0) is 78.2 Å². The van der Waals surface area contributed by atoms with E-state index in [2.05, 4.69) is 31.8 Å². The van der Waals surface area contributed by atoms with Crippen LogP contribution in [0.2, 0.25) is 5.02 Å². The van der Waals surface area contributed by atoms with Crippen molar-refractivity contribution in [3.63, 3.8) is 0 Å². The van der Waals surface area contributed by atoms with Crippen molar-refractivity contribution in [1.82, 2.24) is 5.43 Å². The van der Waals surface area contributed by atoms with Crippen molar-refractivity contribution in [2.24, 2.45) is 5.10 Å². The highest BCUT2D eigenvalue weighted by Gasteiger charge is 2.05. The molecule has 3 aromatic rings. The third-order valence-electron chi connectivity index (χ3n) is 4.54. The smallest absolute Gasteiger partial charge is 0.240 e. The maximum absolute atomic E-state index is 11.9. The van der Waals surface area contributed by atoms with Gasteiger partial charge in [-0.3, -0.25) is 9.59 Å². The van der Waals surface area contributed by atoms with Crippen molar-refractivity contribution in [1.29, 1.82) is 0 Å². The van der Waals surface area contributed by atoms with Crippen LogP contribution >= 0.6 is 27.5 Å². The summed E-state index contributed by atoms with van der Waals surface area (Å²) in [5.41, 5.74) is 5.05. The average molecular weight is 529 g/mol. The van der Waals surface area contributed by atoms with E-state index in [-0.39, 0.29) is 24.7 Å². The molecule has 0 aliphatic carbocycles. The van der Waals surface area contributed by atoms with Crippen LogP contribution in [0.15, 0.2) is 82.4 Å². The van der Waals surface area contributed by atoms with Crippen molar-refractivity contribution >= 4 is 51.2 Å². The van der Waals surface area contributed by atoms with Gasteiger partial charge in [0.05, 0.1) is 6.21 Å². The number of hydrogen-bond acceptors (Lipinski definition) is 4. The average Bonchev–Trinajstić information content (AvgIpc) is 2.81. The lowest BCUT2D eigenvalue weighted by Gasteiger charge is -2.06. The molecule has 33 heavy (non-hydrogen) atoms. The Kier molecular flexibility index (Phi) is 9.47. The number of hydrogen-bond donors (Lipinski definition) is 2. The van der Waals surface area contributed by atoms with Gasteiger partial charge in [0.15, 0.2) is 0 Å². The molecule has 2 N–H and O–H groups in total. The van der Waals surface area contributed by atoms with E-state index in [4.69, 9.17) is 16.3 Å². The first-order valence-corrected chi connectivity index (χ1v) is 11.5. The van der Waals surface area contributed by atoms with Crippen LogP contribution in [0.4, 0.5) is 5.69 Å². The first-order chi connectivity index (χ1) is 16.0. The molecule has 0 heterocycles. The fraction of sp³-hybridized carbons (Fsp3) is 0.160. The topological polar surface area (TPSA) is 79.8 Å². The summed E-state index contributed by atoms with van der Waals surface area (Å²) in [4.78, 5) is 23.9. The lowest BCUT2D eigenvalue weighted by Crippen LogP contribution is -2.18. The molecule has 170 valence electrons. The van der Waals surface area contributed by atoms with Crippen molar-refractivity contribution in [3.05, 3.63) is 93.4 Å². The molecule has 3 rings (SSSR count). The Morgan fingerprint density at radius 1 is 0.909 bits per heavy atom. The quantitative estimate of drug-likeness (QED) is 0.252. The van der Waals surface area contributed by atoms with E-state index in [1.807, 2.05) is 72.8 Å². The van der Waals surface area contributed by atoms with E-state index in [0.29, 0.717) is 18.1 Å². The van der Waals surface area contributed by atoms with Crippen LogP contribution in [0.5, 0.6) is 5.75 Å². The molecular weight excluding hydrogens is 506 g/mol. The van der Waals surface area contributed by atoms with E-state index in [9.17, 15) is 9.59 Å². The number of anilines is 1. The van der Waals surface area contributed by atoms with Crippen LogP contribution in [0.25, 0.3) is 0 Å². The van der Waals surface area contributed by atoms with Gasteiger partial charge < -0.3 is 10.1 Å². The molecule has 8 heteroatoms. The van der Waals surface area contributed by atoms with Gasteiger partial charge in [0, 0.05) is 28.0 Å². The van der Waals surface area contributed by atoms with E-state index in [1.54, 1.807) is 6.21 Å². The highest BCUT2D eigenvalue weighted by atomic mass is 79.9. The number of rotatable bonds is 10. The van der Waals surface area contributed by atoms with Gasteiger partial charge in [-0.25, -0.2) is 5.43 Å². The first kappa shape index (κ1) is 24.5. The molecule has 3 aromatic carbocycles. The van der Waals surface area contributed by atoms with Crippen LogP contribution in [0.1, 0.15) is 30.4 Å². The first-order valence-electron chi connectivity index (χ1n) is 10.3. The fourth-order valence-electron chi connectivity index (χ4n) is 2.80. The van der Waals surface area contributed by atoms with Crippen LogP contribution < -0.4 is 15.5 Å². The lowest BCUT2D eigenvalue weighted by atomic mass is 10.2. The number of carbonyl (C=O) groups is 2. The second kappa shape index (κ2) is 12.8. The number of amides is 2. The molecule has 0 fully saturated rings. The van der Waals surface area contributed by atoms with E-state index in [0.717, 1.165) is 27.0 Å². The summed E-state index contributed by atoms with van der Waals surface area (Å²) in [6, 6.07) is 22.2. The van der Waals surface area contributed by atoms with Gasteiger partial charge in [0.25, 0.3) is 0 Å². The molecular formula is C25H23BrClN3O3. The predicted octanol–water partition coefficient (Wildman–Crippen LogP) is 5.94. The molecule has 0 unspecified atom stereocenters. The highest BCUT2D eigenvalue weighted by Crippen LogP contribution is 2.16. The van der Waals surface area contributed by atoms with Gasteiger partial charge in [0.1, 0.15) is 12.4 Å². The molecule has 0 bridgehead atoms. The summed E-state index contributed by atoms with van der Waals surface area (Å²) < 4.78 is 6.68. The molecule has 0 atom stereocenters. The number of nitrogens with one attached hydrogen (secondary N) is 2. The molecule has 0 spiro atoms. The molecule has 0 aliphatic heterocycles. The summed E-state index contributed by atoms with van der Waals surface area (Å²) in [6.45, 7) is 0.446. The monoisotopic (exact) mass is 527 g/mol. The van der Waals surface area contributed by atoms with Crippen molar-refractivity contribution in [3.8, 4) is 5.75 Å². The number of benzene rings is 3. The molecule has 2 amide bonds. The van der Waals surface area contributed by atoms with Gasteiger partial charge >= 0.3 is 0 Å². The summed E-state index contributed by atoms with van der Waals surface area (Å²) in [6.07, 6.45) is 2.46. The molecule has 0 saturated carbocycles.